The predicted octanol–water partition coefficient (Wildman–Crippen LogP) is 2.18. The number of carbonyl (C=O) groups is 1. The molecule has 4 rings (SSSR count). The molecule has 7 nitrogen and oxygen atoms in total. The number of aromatic nitrogens is 4. The van der Waals surface area contributed by atoms with Gasteiger partial charge >= 0.3 is 0 Å². The molecule has 1 aromatic carbocycles. The SMILES string of the molecule is CN1C[C@@H](Nc2nc(CCc3ccccc3)nc3c2cnn3C)CCC1=O. The van der Waals surface area contributed by atoms with Gasteiger partial charge in [-0.2, -0.15) is 5.10 Å². The maximum Gasteiger partial charge on any atom is 0.222 e. The number of nitrogens with one attached hydrogen (secondary N) is 1. The van der Waals surface area contributed by atoms with Crippen LogP contribution in [0.25, 0.3) is 11.0 Å². The quantitative estimate of drug-likeness (QED) is 0.751. The molecule has 7 heteroatoms. The number of anilines is 1. The fraction of sp³-hybridized carbons (Fsp3) is 0.400. The molecule has 1 N–H and O–H groups in total. The molecular weight excluding hydrogens is 340 g/mol. The van der Waals surface area contributed by atoms with Gasteiger partial charge in [-0.3, -0.25) is 9.48 Å². The van der Waals surface area contributed by atoms with Crippen molar-refractivity contribution in [1.82, 2.24) is 24.6 Å². The maximum atomic E-state index is 11.7. The van der Waals surface area contributed by atoms with Crippen LogP contribution in [-0.2, 0) is 24.7 Å². The summed E-state index contributed by atoms with van der Waals surface area (Å²) in [5.74, 6) is 1.81. The van der Waals surface area contributed by atoms with Crippen LogP contribution in [0.4, 0.5) is 5.82 Å². The summed E-state index contributed by atoms with van der Waals surface area (Å²) >= 11 is 0. The first-order valence-corrected chi connectivity index (χ1v) is 9.33. The van der Waals surface area contributed by atoms with Crippen molar-refractivity contribution in [1.29, 1.82) is 0 Å². The van der Waals surface area contributed by atoms with Gasteiger partial charge in [0.05, 0.1) is 11.6 Å². The number of benzene rings is 1. The van der Waals surface area contributed by atoms with E-state index in [0.717, 1.165) is 41.9 Å². The third-order valence-electron chi connectivity index (χ3n) is 5.09. The summed E-state index contributed by atoms with van der Waals surface area (Å²) in [6.45, 7) is 0.684. The molecule has 3 heterocycles. The predicted molar refractivity (Wildman–Crippen MR) is 104 cm³/mol. The molecular formula is C20H24N6O. The Kier molecular flexibility index (Phi) is 4.75. The monoisotopic (exact) mass is 364 g/mol. The summed E-state index contributed by atoms with van der Waals surface area (Å²) in [6, 6.07) is 10.6. The van der Waals surface area contributed by atoms with E-state index in [9.17, 15) is 4.79 Å². The number of likely N-dealkylation sites (tertiary alicyclic amines) is 1. The fourth-order valence-electron chi connectivity index (χ4n) is 3.51. The number of hydrogen-bond acceptors (Lipinski definition) is 5. The molecule has 0 saturated carbocycles. The Morgan fingerprint density at radius 2 is 1.96 bits per heavy atom. The first-order valence-electron chi connectivity index (χ1n) is 9.33. The Labute approximate surface area is 158 Å². The molecule has 0 aliphatic carbocycles. The molecule has 1 amide bonds. The highest BCUT2D eigenvalue weighted by Crippen LogP contribution is 2.23. The number of rotatable bonds is 5. The molecule has 0 radical (unpaired) electrons. The van der Waals surface area contributed by atoms with Gasteiger partial charge in [-0.25, -0.2) is 9.97 Å². The van der Waals surface area contributed by atoms with E-state index in [-0.39, 0.29) is 11.9 Å². The molecule has 3 aromatic rings. The van der Waals surface area contributed by atoms with Gasteiger partial charge in [-0.05, 0) is 18.4 Å². The zero-order valence-corrected chi connectivity index (χ0v) is 15.7. The summed E-state index contributed by atoms with van der Waals surface area (Å²) in [5.41, 5.74) is 2.10. The van der Waals surface area contributed by atoms with Gasteiger partial charge in [0.1, 0.15) is 11.6 Å². The number of amides is 1. The highest BCUT2D eigenvalue weighted by atomic mass is 16.2. The summed E-state index contributed by atoms with van der Waals surface area (Å²) < 4.78 is 1.78. The molecule has 0 bridgehead atoms. The molecule has 140 valence electrons. The molecule has 1 aliphatic heterocycles. The van der Waals surface area contributed by atoms with E-state index in [1.54, 1.807) is 15.8 Å². The van der Waals surface area contributed by atoms with Crippen LogP contribution in [0, 0.1) is 0 Å². The topological polar surface area (TPSA) is 75.9 Å². The molecule has 0 spiro atoms. The number of aryl methyl sites for hydroxylation is 3. The van der Waals surface area contributed by atoms with Crippen LogP contribution >= 0.6 is 0 Å². The fourth-order valence-corrected chi connectivity index (χ4v) is 3.51. The van der Waals surface area contributed by atoms with E-state index in [1.807, 2.05) is 32.3 Å². The van der Waals surface area contributed by atoms with E-state index in [2.05, 4.69) is 22.5 Å². The maximum absolute atomic E-state index is 11.7. The highest BCUT2D eigenvalue weighted by molar-refractivity contribution is 5.86. The lowest BCUT2D eigenvalue weighted by atomic mass is 10.1. The number of likely N-dealkylation sites (N-methyl/N-ethyl adjacent to an activating group) is 1. The smallest absolute Gasteiger partial charge is 0.222 e. The van der Waals surface area contributed by atoms with Crippen LogP contribution in [0.15, 0.2) is 36.5 Å². The van der Waals surface area contributed by atoms with Crippen molar-refractivity contribution in [3.8, 4) is 0 Å². The van der Waals surface area contributed by atoms with Gasteiger partial charge in [0, 0.05) is 39.5 Å². The van der Waals surface area contributed by atoms with Gasteiger partial charge in [-0.15, -0.1) is 0 Å². The van der Waals surface area contributed by atoms with E-state index in [1.165, 1.54) is 5.56 Å². The Morgan fingerprint density at radius 1 is 1.15 bits per heavy atom. The van der Waals surface area contributed by atoms with E-state index < -0.39 is 0 Å². The third kappa shape index (κ3) is 3.77. The van der Waals surface area contributed by atoms with Crippen molar-refractivity contribution in [2.45, 2.75) is 31.7 Å². The highest BCUT2D eigenvalue weighted by Gasteiger charge is 2.24. The first kappa shape index (κ1) is 17.5. The van der Waals surface area contributed by atoms with E-state index in [0.29, 0.717) is 13.0 Å². The second-order valence-electron chi connectivity index (χ2n) is 7.13. The Hall–Kier alpha value is -2.96. The van der Waals surface area contributed by atoms with Gasteiger partial charge in [0.2, 0.25) is 5.91 Å². The lowest BCUT2D eigenvalue weighted by Gasteiger charge is -2.30. The van der Waals surface area contributed by atoms with Gasteiger partial charge < -0.3 is 10.2 Å². The van der Waals surface area contributed by atoms with Crippen LogP contribution in [0.5, 0.6) is 0 Å². The van der Waals surface area contributed by atoms with Gasteiger partial charge in [0.15, 0.2) is 5.65 Å². The summed E-state index contributed by atoms with van der Waals surface area (Å²) in [4.78, 5) is 23.0. The minimum atomic E-state index is 0.188. The average molecular weight is 364 g/mol. The Balaban J connectivity index is 1.58. The molecule has 0 unspecified atom stereocenters. The molecule has 1 aliphatic rings. The average Bonchev–Trinajstić information content (AvgIpc) is 3.05. The molecule has 2 aromatic heterocycles. The van der Waals surface area contributed by atoms with Crippen molar-refractivity contribution in [2.75, 3.05) is 18.9 Å². The number of piperidine rings is 1. The Morgan fingerprint density at radius 3 is 2.74 bits per heavy atom. The van der Waals surface area contributed by atoms with Crippen molar-refractivity contribution in [2.24, 2.45) is 7.05 Å². The number of nitrogens with zero attached hydrogens (tertiary/aromatic N) is 5. The Bertz CT molecular complexity index is 952. The zero-order valence-electron chi connectivity index (χ0n) is 15.7. The van der Waals surface area contributed by atoms with E-state index in [4.69, 9.17) is 9.97 Å². The minimum absolute atomic E-state index is 0.188. The van der Waals surface area contributed by atoms with E-state index >= 15 is 0 Å². The van der Waals surface area contributed by atoms with Crippen molar-refractivity contribution in [3.63, 3.8) is 0 Å². The minimum Gasteiger partial charge on any atom is -0.365 e. The van der Waals surface area contributed by atoms with Crippen molar-refractivity contribution in [3.05, 3.63) is 47.9 Å². The second kappa shape index (κ2) is 7.34. The van der Waals surface area contributed by atoms with Crippen molar-refractivity contribution >= 4 is 22.8 Å². The largest absolute Gasteiger partial charge is 0.365 e. The zero-order chi connectivity index (χ0) is 18.8. The normalized spacial score (nSPS) is 17.5. The molecule has 1 saturated heterocycles. The number of carbonyl (C=O) groups excluding carboxylic acids is 1. The van der Waals surface area contributed by atoms with Crippen LogP contribution in [0.1, 0.15) is 24.2 Å². The molecule has 1 atom stereocenters. The van der Waals surface area contributed by atoms with Gasteiger partial charge in [0.25, 0.3) is 0 Å². The lowest BCUT2D eigenvalue weighted by molar-refractivity contribution is -0.132. The van der Waals surface area contributed by atoms with Gasteiger partial charge in [-0.1, -0.05) is 30.3 Å². The summed E-state index contributed by atoms with van der Waals surface area (Å²) in [7, 11) is 3.74. The molecule has 1 fully saturated rings. The second-order valence-corrected chi connectivity index (χ2v) is 7.13. The lowest BCUT2D eigenvalue weighted by Crippen LogP contribution is -2.43. The number of hydrogen-bond donors (Lipinski definition) is 1. The van der Waals surface area contributed by atoms with Crippen molar-refractivity contribution < 1.29 is 4.79 Å². The van der Waals surface area contributed by atoms with Crippen LogP contribution < -0.4 is 5.32 Å². The molecule has 27 heavy (non-hydrogen) atoms. The third-order valence-corrected chi connectivity index (χ3v) is 5.09. The first-order chi connectivity index (χ1) is 13.1. The summed E-state index contributed by atoms with van der Waals surface area (Å²) in [5, 5.41) is 8.79. The summed E-state index contributed by atoms with van der Waals surface area (Å²) in [6.07, 6.45) is 4.84. The van der Waals surface area contributed by atoms with Crippen LogP contribution in [0.2, 0.25) is 0 Å². The standard InChI is InChI=1S/C20H24N6O/c1-25-13-15(9-11-18(25)27)22-19-16-12-21-26(2)20(16)24-17(23-19)10-8-14-6-4-3-5-7-14/h3-7,12,15H,8-11,13H2,1-2H3,(H,22,23,24)/t15-/m0/s1. The number of fused-ring (bicyclic) bond motifs is 1. The van der Waals surface area contributed by atoms with Crippen LogP contribution in [-0.4, -0.2) is 50.2 Å². The van der Waals surface area contributed by atoms with Crippen LogP contribution in [0.3, 0.4) is 0 Å².